The number of halogens is 2. The van der Waals surface area contributed by atoms with Crippen LogP contribution in [0.4, 0.5) is 5.69 Å². The number of ether oxygens (including phenoxy) is 2. The summed E-state index contributed by atoms with van der Waals surface area (Å²) in [6.45, 7) is 4.58. The van der Waals surface area contributed by atoms with E-state index < -0.39 is 0 Å². The zero-order valence-corrected chi connectivity index (χ0v) is 15.9. The fourth-order valence-corrected chi connectivity index (χ4v) is 2.60. The minimum absolute atomic E-state index is 0.139. The normalized spacial score (nSPS) is 10.5. The molecule has 24 heavy (non-hydrogen) atoms. The van der Waals surface area contributed by atoms with Gasteiger partial charge in [0.25, 0.3) is 5.91 Å². The highest BCUT2D eigenvalue weighted by atomic mass is 79.9. The number of carbonyl (C=O) groups excluding carboxylic acids is 1. The van der Waals surface area contributed by atoms with Crippen LogP contribution >= 0.6 is 27.5 Å². The van der Waals surface area contributed by atoms with Crippen molar-refractivity contribution in [3.8, 4) is 11.5 Å². The van der Waals surface area contributed by atoms with Gasteiger partial charge in [0.2, 0.25) is 0 Å². The molecule has 1 N–H and O–H groups in total. The lowest BCUT2D eigenvalue weighted by molar-refractivity contribution is -0.118. The quantitative estimate of drug-likeness (QED) is 0.684. The first kappa shape index (κ1) is 18.6. The largest absolute Gasteiger partial charge is 0.491 e. The third kappa shape index (κ3) is 5.73. The molecule has 6 heteroatoms. The Morgan fingerprint density at radius 2 is 1.92 bits per heavy atom. The number of nitrogens with one attached hydrogen (secondary N) is 1. The van der Waals surface area contributed by atoms with Crippen molar-refractivity contribution in [1.29, 1.82) is 0 Å². The third-order valence-electron chi connectivity index (χ3n) is 2.99. The second-order valence-corrected chi connectivity index (χ2v) is 6.94. The maximum atomic E-state index is 12.1. The van der Waals surface area contributed by atoms with E-state index in [1.807, 2.05) is 18.2 Å². The van der Waals surface area contributed by atoms with Crippen LogP contribution < -0.4 is 14.8 Å². The minimum Gasteiger partial charge on any atom is -0.491 e. The fraction of sp³-hybridized carbons (Fsp3) is 0.278. The molecule has 2 aromatic rings. The summed E-state index contributed by atoms with van der Waals surface area (Å²) in [5, 5.41) is 3.24. The standard InChI is InChI=1S/C18H19BrClNO3/c1-12(2)10-23-17-6-4-3-5-15(17)21-18(22)11-24-16-8-7-13(19)9-14(16)20/h3-9,12H,10-11H2,1-2H3,(H,21,22). The van der Waals surface area contributed by atoms with E-state index in [0.29, 0.717) is 34.7 Å². The van der Waals surface area contributed by atoms with Crippen molar-refractivity contribution < 1.29 is 14.3 Å². The first-order valence-corrected chi connectivity index (χ1v) is 8.72. The van der Waals surface area contributed by atoms with E-state index in [0.717, 1.165) is 4.47 Å². The van der Waals surface area contributed by atoms with Crippen LogP contribution in [0.25, 0.3) is 0 Å². The summed E-state index contributed by atoms with van der Waals surface area (Å²) in [4.78, 5) is 12.1. The molecule has 0 aromatic heterocycles. The van der Waals surface area contributed by atoms with Gasteiger partial charge in [0.1, 0.15) is 11.5 Å². The first-order chi connectivity index (χ1) is 11.5. The Kier molecular flexibility index (Phi) is 6.94. The van der Waals surface area contributed by atoms with Gasteiger partial charge in [0, 0.05) is 4.47 Å². The third-order valence-corrected chi connectivity index (χ3v) is 3.77. The van der Waals surface area contributed by atoms with Crippen LogP contribution in [0.2, 0.25) is 5.02 Å². The number of carbonyl (C=O) groups is 1. The van der Waals surface area contributed by atoms with E-state index in [1.165, 1.54) is 0 Å². The molecule has 0 aliphatic rings. The summed E-state index contributed by atoms with van der Waals surface area (Å²) in [5.74, 6) is 1.21. The Labute approximate surface area is 155 Å². The number of anilines is 1. The van der Waals surface area contributed by atoms with Crippen LogP contribution in [0.1, 0.15) is 13.8 Å². The fourth-order valence-electron chi connectivity index (χ4n) is 1.87. The number of para-hydroxylation sites is 2. The summed E-state index contributed by atoms with van der Waals surface area (Å²) in [7, 11) is 0. The molecule has 1 amide bonds. The van der Waals surface area contributed by atoms with E-state index in [1.54, 1.807) is 24.3 Å². The zero-order valence-electron chi connectivity index (χ0n) is 13.5. The Morgan fingerprint density at radius 1 is 1.17 bits per heavy atom. The van der Waals surface area contributed by atoms with E-state index in [9.17, 15) is 4.79 Å². The predicted molar refractivity (Wildman–Crippen MR) is 100 cm³/mol. The number of hydrogen-bond acceptors (Lipinski definition) is 3. The molecule has 2 aromatic carbocycles. The van der Waals surface area contributed by atoms with Gasteiger partial charge in [-0.1, -0.05) is 53.5 Å². The molecule has 0 saturated heterocycles. The van der Waals surface area contributed by atoms with Crippen LogP contribution in [-0.2, 0) is 4.79 Å². The Bertz CT molecular complexity index is 706. The lowest BCUT2D eigenvalue weighted by atomic mass is 10.2. The van der Waals surface area contributed by atoms with Crippen molar-refractivity contribution >= 4 is 39.1 Å². The minimum atomic E-state index is -0.283. The van der Waals surface area contributed by atoms with E-state index in [2.05, 4.69) is 35.1 Å². The van der Waals surface area contributed by atoms with Crippen molar-refractivity contribution in [3.05, 3.63) is 52.0 Å². The molecule has 128 valence electrons. The lowest BCUT2D eigenvalue weighted by Gasteiger charge is -2.14. The maximum absolute atomic E-state index is 12.1. The van der Waals surface area contributed by atoms with Gasteiger partial charge in [-0.05, 0) is 36.2 Å². The summed E-state index contributed by atoms with van der Waals surface area (Å²) in [6.07, 6.45) is 0. The average molecular weight is 413 g/mol. The second-order valence-electron chi connectivity index (χ2n) is 5.61. The SMILES string of the molecule is CC(C)COc1ccccc1NC(=O)COc1ccc(Br)cc1Cl. The van der Waals surface area contributed by atoms with Gasteiger partial charge in [0.05, 0.1) is 17.3 Å². The predicted octanol–water partition coefficient (Wildman–Crippen LogP) is 5.15. The van der Waals surface area contributed by atoms with Crippen molar-refractivity contribution in [2.75, 3.05) is 18.5 Å². The van der Waals surface area contributed by atoms with Crippen LogP contribution in [0, 0.1) is 5.92 Å². The molecule has 0 unspecified atom stereocenters. The lowest BCUT2D eigenvalue weighted by Crippen LogP contribution is -2.21. The molecule has 0 spiro atoms. The smallest absolute Gasteiger partial charge is 0.262 e. The van der Waals surface area contributed by atoms with Crippen LogP contribution in [0.15, 0.2) is 46.9 Å². The Balaban J connectivity index is 1.95. The first-order valence-electron chi connectivity index (χ1n) is 7.55. The molecule has 0 radical (unpaired) electrons. The molecular formula is C18H19BrClNO3. The molecular weight excluding hydrogens is 394 g/mol. The summed E-state index contributed by atoms with van der Waals surface area (Å²) in [5.41, 5.74) is 0.619. The van der Waals surface area contributed by atoms with Gasteiger partial charge in [0.15, 0.2) is 6.61 Å². The Hall–Kier alpha value is -1.72. The van der Waals surface area contributed by atoms with Crippen LogP contribution in [-0.4, -0.2) is 19.1 Å². The topological polar surface area (TPSA) is 47.6 Å². The van der Waals surface area contributed by atoms with Gasteiger partial charge in [-0.25, -0.2) is 0 Å². The molecule has 0 bridgehead atoms. The van der Waals surface area contributed by atoms with Crippen molar-refractivity contribution in [2.45, 2.75) is 13.8 Å². The molecule has 0 saturated carbocycles. The van der Waals surface area contributed by atoms with Crippen molar-refractivity contribution in [1.82, 2.24) is 0 Å². The van der Waals surface area contributed by atoms with E-state index in [4.69, 9.17) is 21.1 Å². The highest BCUT2D eigenvalue weighted by Crippen LogP contribution is 2.28. The number of amides is 1. The van der Waals surface area contributed by atoms with Gasteiger partial charge >= 0.3 is 0 Å². The second kappa shape index (κ2) is 8.94. The van der Waals surface area contributed by atoms with E-state index >= 15 is 0 Å². The molecule has 0 heterocycles. The summed E-state index contributed by atoms with van der Waals surface area (Å²) >= 11 is 9.38. The maximum Gasteiger partial charge on any atom is 0.262 e. The number of rotatable bonds is 7. The van der Waals surface area contributed by atoms with Crippen LogP contribution in [0.5, 0.6) is 11.5 Å². The zero-order chi connectivity index (χ0) is 17.5. The monoisotopic (exact) mass is 411 g/mol. The van der Waals surface area contributed by atoms with E-state index in [-0.39, 0.29) is 12.5 Å². The van der Waals surface area contributed by atoms with Crippen LogP contribution in [0.3, 0.4) is 0 Å². The average Bonchev–Trinajstić information content (AvgIpc) is 2.53. The van der Waals surface area contributed by atoms with Gasteiger partial charge in [-0.2, -0.15) is 0 Å². The van der Waals surface area contributed by atoms with Gasteiger partial charge in [-0.15, -0.1) is 0 Å². The molecule has 0 atom stereocenters. The van der Waals surface area contributed by atoms with Gasteiger partial charge in [-0.3, -0.25) is 4.79 Å². The molecule has 4 nitrogen and oxygen atoms in total. The highest BCUT2D eigenvalue weighted by Gasteiger charge is 2.10. The van der Waals surface area contributed by atoms with Crippen molar-refractivity contribution in [3.63, 3.8) is 0 Å². The Morgan fingerprint density at radius 3 is 2.62 bits per heavy atom. The van der Waals surface area contributed by atoms with Crippen molar-refractivity contribution in [2.24, 2.45) is 5.92 Å². The number of hydrogen-bond donors (Lipinski definition) is 1. The van der Waals surface area contributed by atoms with Gasteiger partial charge < -0.3 is 14.8 Å². The molecule has 2 rings (SSSR count). The molecule has 0 aliphatic heterocycles. The molecule has 0 fully saturated rings. The molecule has 0 aliphatic carbocycles. The summed E-state index contributed by atoms with van der Waals surface area (Å²) < 4.78 is 12.0. The summed E-state index contributed by atoms with van der Waals surface area (Å²) in [6, 6.07) is 12.5. The highest BCUT2D eigenvalue weighted by molar-refractivity contribution is 9.10. The number of benzene rings is 2.